The molecule has 1 heterocycles. The predicted octanol–water partition coefficient (Wildman–Crippen LogP) is 2.80. The number of hydrogen-bond acceptors (Lipinski definition) is 3. The maximum atomic E-state index is 11.2. The van der Waals surface area contributed by atoms with Gasteiger partial charge in [0.25, 0.3) is 5.78 Å². The van der Waals surface area contributed by atoms with E-state index < -0.39 is 13.8 Å². The average molecular weight is 250 g/mol. The number of benzene rings is 1. The van der Waals surface area contributed by atoms with Gasteiger partial charge in [0.15, 0.2) is 5.76 Å². The fourth-order valence-corrected chi connectivity index (χ4v) is 2.16. The van der Waals surface area contributed by atoms with Gasteiger partial charge in [0.1, 0.15) is 0 Å². The van der Waals surface area contributed by atoms with Crippen LogP contribution in [0.5, 0.6) is 0 Å². The molecular formula is C12H13NO3P+. The van der Waals surface area contributed by atoms with Crippen molar-refractivity contribution in [2.24, 2.45) is 0 Å². The van der Waals surface area contributed by atoms with Crippen molar-refractivity contribution in [1.82, 2.24) is 5.32 Å². The van der Waals surface area contributed by atoms with Crippen LogP contribution in [-0.2, 0) is 11.1 Å². The first-order valence-corrected chi connectivity index (χ1v) is 6.51. The summed E-state index contributed by atoms with van der Waals surface area (Å²) in [5.41, 5.74) is 1.06. The van der Waals surface area contributed by atoms with Crippen molar-refractivity contribution in [3.8, 4) is 0 Å². The van der Waals surface area contributed by atoms with Crippen LogP contribution in [0.15, 0.2) is 53.1 Å². The van der Waals surface area contributed by atoms with E-state index in [9.17, 15) is 9.46 Å². The number of rotatable bonds is 5. The van der Waals surface area contributed by atoms with E-state index in [1.54, 1.807) is 12.1 Å². The molecule has 2 unspecified atom stereocenters. The number of hydrogen-bond donors (Lipinski definition) is 2. The van der Waals surface area contributed by atoms with Crippen molar-refractivity contribution >= 4 is 8.03 Å². The van der Waals surface area contributed by atoms with Crippen LogP contribution in [0.1, 0.15) is 17.1 Å². The molecule has 0 spiro atoms. The molecule has 1 aromatic heterocycles. The molecule has 4 nitrogen and oxygen atoms in total. The average Bonchev–Trinajstić information content (AvgIpc) is 2.84. The molecule has 1 aromatic carbocycles. The Bertz CT molecular complexity index is 470. The molecule has 0 aliphatic rings. The van der Waals surface area contributed by atoms with E-state index in [1.807, 2.05) is 30.3 Å². The standard InChI is InChI=1S/C12H12NO3P/c14-17(15)12(11-7-4-8-16-11)13-9-10-5-2-1-3-6-10/h1-8,12-13H,9H2/p+1. The topological polar surface area (TPSA) is 62.5 Å². The molecule has 0 saturated carbocycles. The Balaban J connectivity index is 2.03. The molecule has 5 heteroatoms. The number of nitrogens with one attached hydrogen (secondary N) is 1. The smallest absolute Gasteiger partial charge is 0.463 e. The molecule has 0 amide bonds. The molecule has 2 N–H and O–H groups in total. The van der Waals surface area contributed by atoms with Crippen LogP contribution in [0.25, 0.3) is 0 Å². The van der Waals surface area contributed by atoms with E-state index in [2.05, 4.69) is 5.32 Å². The van der Waals surface area contributed by atoms with Gasteiger partial charge in [-0.15, -0.1) is 0 Å². The van der Waals surface area contributed by atoms with Crippen LogP contribution in [0.3, 0.4) is 0 Å². The van der Waals surface area contributed by atoms with Gasteiger partial charge in [-0.1, -0.05) is 30.3 Å². The first kappa shape index (κ1) is 12.0. The molecule has 17 heavy (non-hydrogen) atoms. The minimum atomic E-state index is -2.37. The van der Waals surface area contributed by atoms with E-state index in [0.717, 1.165) is 5.56 Å². The zero-order valence-corrected chi connectivity index (χ0v) is 10.0. The van der Waals surface area contributed by atoms with E-state index in [0.29, 0.717) is 12.3 Å². The molecule has 0 aliphatic carbocycles. The predicted molar refractivity (Wildman–Crippen MR) is 64.6 cm³/mol. The monoisotopic (exact) mass is 250 g/mol. The van der Waals surface area contributed by atoms with Crippen LogP contribution < -0.4 is 5.32 Å². The zero-order chi connectivity index (χ0) is 12.1. The minimum Gasteiger partial charge on any atom is -0.463 e. The summed E-state index contributed by atoms with van der Waals surface area (Å²) in [4.78, 5) is 9.25. The molecule has 0 radical (unpaired) electrons. The summed E-state index contributed by atoms with van der Waals surface area (Å²) in [6, 6.07) is 13.1. The molecule has 2 atom stereocenters. The third-order valence-electron chi connectivity index (χ3n) is 2.38. The Labute approximate surface area is 100 Å². The van der Waals surface area contributed by atoms with E-state index in [-0.39, 0.29) is 0 Å². The van der Waals surface area contributed by atoms with Gasteiger partial charge in [0.2, 0.25) is 0 Å². The molecule has 2 aromatic rings. The van der Waals surface area contributed by atoms with Crippen LogP contribution >= 0.6 is 8.03 Å². The summed E-state index contributed by atoms with van der Waals surface area (Å²) >= 11 is 0. The highest BCUT2D eigenvalue weighted by atomic mass is 31.1. The van der Waals surface area contributed by atoms with Gasteiger partial charge in [-0.2, -0.15) is 4.89 Å². The van der Waals surface area contributed by atoms with Gasteiger partial charge in [0.05, 0.1) is 6.26 Å². The lowest BCUT2D eigenvalue weighted by molar-refractivity contribution is 0.429. The van der Waals surface area contributed by atoms with E-state index in [1.165, 1.54) is 6.26 Å². The Kier molecular flexibility index (Phi) is 4.04. The summed E-state index contributed by atoms with van der Waals surface area (Å²) in [6.07, 6.45) is 1.49. The van der Waals surface area contributed by atoms with E-state index in [4.69, 9.17) is 4.42 Å². The van der Waals surface area contributed by atoms with Crippen molar-refractivity contribution in [2.45, 2.75) is 12.3 Å². The SMILES string of the molecule is O=[P+](O)C(NCc1ccccc1)c1ccco1. The van der Waals surface area contributed by atoms with Crippen molar-refractivity contribution in [2.75, 3.05) is 0 Å². The van der Waals surface area contributed by atoms with Crippen LogP contribution in [-0.4, -0.2) is 4.89 Å². The highest BCUT2D eigenvalue weighted by Crippen LogP contribution is 2.35. The first-order valence-electron chi connectivity index (χ1n) is 5.23. The molecular weight excluding hydrogens is 237 g/mol. The van der Waals surface area contributed by atoms with Crippen molar-refractivity contribution in [3.05, 3.63) is 60.1 Å². The molecule has 0 aliphatic heterocycles. The maximum Gasteiger partial charge on any atom is 0.533 e. The molecule has 2 rings (SSSR count). The van der Waals surface area contributed by atoms with Crippen LogP contribution in [0.4, 0.5) is 0 Å². The Hall–Kier alpha value is -1.48. The van der Waals surface area contributed by atoms with Crippen LogP contribution in [0.2, 0.25) is 0 Å². The second-order valence-corrected chi connectivity index (χ2v) is 4.71. The summed E-state index contributed by atoms with van der Waals surface area (Å²) in [6.45, 7) is 0.522. The quantitative estimate of drug-likeness (QED) is 0.801. The summed E-state index contributed by atoms with van der Waals surface area (Å²) in [5, 5.41) is 3.01. The third-order valence-corrected chi connectivity index (χ3v) is 3.25. The van der Waals surface area contributed by atoms with Crippen LogP contribution in [0, 0.1) is 0 Å². The van der Waals surface area contributed by atoms with Gasteiger partial charge in [-0.3, -0.25) is 5.32 Å². The Morgan fingerprint density at radius 3 is 2.59 bits per heavy atom. The fourth-order valence-electron chi connectivity index (χ4n) is 1.54. The highest BCUT2D eigenvalue weighted by Gasteiger charge is 2.32. The lowest BCUT2D eigenvalue weighted by atomic mass is 10.2. The lowest BCUT2D eigenvalue weighted by Crippen LogP contribution is -2.17. The van der Waals surface area contributed by atoms with Crippen molar-refractivity contribution in [1.29, 1.82) is 0 Å². The van der Waals surface area contributed by atoms with Gasteiger partial charge in [0, 0.05) is 6.54 Å². The first-order chi connectivity index (χ1) is 8.27. The molecule has 0 fully saturated rings. The summed E-state index contributed by atoms with van der Waals surface area (Å²) < 4.78 is 16.4. The lowest BCUT2D eigenvalue weighted by Gasteiger charge is -2.05. The minimum absolute atomic E-state index is 0.476. The maximum absolute atomic E-state index is 11.2. The third kappa shape index (κ3) is 3.24. The molecule has 0 bridgehead atoms. The molecule has 0 saturated heterocycles. The fraction of sp³-hybridized carbons (Fsp3) is 0.167. The summed E-state index contributed by atoms with van der Waals surface area (Å²) in [7, 11) is -2.37. The Morgan fingerprint density at radius 2 is 2.00 bits per heavy atom. The highest BCUT2D eigenvalue weighted by molar-refractivity contribution is 7.38. The van der Waals surface area contributed by atoms with Gasteiger partial charge < -0.3 is 4.42 Å². The largest absolute Gasteiger partial charge is 0.533 e. The number of furan rings is 1. The zero-order valence-electron chi connectivity index (χ0n) is 9.11. The Morgan fingerprint density at radius 1 is 1.24 bits per heavy atom. The van der Waals surface area contributed by atoms with Gasteiger partial charge >= 0.3 is 8.03 Å². The summed E-state index contributed by atoms with van der Waals surface area (Å²) in [5.74, 6) is -0.190. The second-order valence-electron chi connectivity index (χ2n) is 3.59. The second kappa shape index (κ2) is 5.73. The normalized spacial score (nSPS) is 13.4. The van der Waals surface area contributed by atoms with E-state index >= 15 is 0 Å². The van der Waals surface area contributed by atoms with Gasteiger partial charge in [-0.25, -0.2) is 0 Å². The molecule has 88 valence electrons. The van der Waals surface area contributed by atoms with Crippen molar-refractivity contribution in [3.63, 3.8) is 0 Å². The van der Waals surface area contributed by atoms with Crippen molar-refractivity contribution < 1.29 is 13.9 Å². The van der Waals surface area contributed by atoms with Gasteiger partial charge in [-0.05, 0) is 22.3 Å².